The Morgan fingerprint density at radius 3 is 2.88 bits per heavy atom. The fourth-order valence-corrected chi connectivity index (χ4v) is 1.88. The third kappa shape index (κ3) is 1.56. The van der Waals surface area contributed by atoms with Gasteiger partial charge in [-0.15, -0.1) is 0 Å². The molecule has 0 atom stereocenters. The van der Waals surface area contributed by atoms with E-state index in [1.54, 1.807) is 0 Å². The van der Waals surface area contributed by atoms with Gasteiger partial charge < -0.3 is 9.30 Å². The molecule has 88 valence electrons. The summed E-state index contributed by atoms with van der Waals surface area (Å²) >= 11 is 0. The molecule has 0 amide bonds. The van der Waals surface area contributed by atoms with E-state index in [0.29, 0.717) is 17.2 Å². The van der Waals surface area contributed by atoms with Crippen molar-refractivity contribution in [2.45, 2.75) is 18.8 Å². The van der Waals surface area contributed by atoms with Crippen molar-refractivity contribution in [1.29, 1.82) is 0 Å². The molecule has 6 nitrogen and oxygen atoms in total. The Kier molecular flexibility index (Phi) is 2.10. The van der Waals surface area contributed by atoms with Gasteiger partial charge in [0, 0.05) is 13.0 Å². The molecule has 0 radical (unpaired) electrons. The number of fused-ring (bicyclic) bond motifs is 1. The summed E-state index contributed by atoms with van der Waals surface area (Å²) in [5, 5.41) is 0. The van der Waals surface area contributed by atoms with Crippen molar-refractivity contribution in [1.82, 2.24) is 19.5 Å². The molecule has 17 heavy (non-hydrogen) atoms. The van der Waals surface area contributed by atoms with E-state index in [1.165, 1.54) is 26.1 Å². The molecule has 0 bridgehead atoms. The van der Waals surface area contributed by atoms with E-state index in [0.717, 1.165) is 5.82 Å². The smallest absolute Gasteiger partial charge is 0.358 e. The second-order valence-corrected chi connectivity index (χ2v) is 4.20. The third-order valence-electron chi connectivity index (χ3n) is 2.95. The average Bonchev–Trinajstić information content (AvgIpc) is 3.14. The van der Waals surface area contributed by atoms with Crippen LogP contribution in [0.3, 0.4) is 0 Å². The Hall–Kier alpha value is -1.98. The van der Waals surface area contributed by atoms with E-state index in [9.17, 15) is 4.79 Å². The van der Waals surface area contributed by atoms with Gasteiger partial charge in [-0.1, -0.05) is 0 Å². The molecule has 0 saturated heterocycles. The van der Waals surface area contributed by atoms with Crippen molar-refractivity contribution in [3.8, 4) is 0 Å². The number of aromatic nitrogens is 4. The van der Waals surface area contributed by atoms with Crippen LogP contribution in [0.15, 0.2) is 6.20 Å². The highest BCUT2D eigenvalue weighted by Crippen LogP contribution is 2.39. The van der Waals surface area contributed by atoms with Gasteiger partial charge in [0.25, 0.3) is 0 Å². The zero-order chi connectivity index (χ0) is 12.0. The molecule has 1 fully saturated rings. The molecule has 0 N–H and O–H groups in total. The van der Waals surface area contributed by atoms with Crippen LogP contribution in [0.5, 0.6) is 0 Å². The van der Waals surface area contributed by atoms with Crippen molar-refractivity contribution in [2.75, 3.05) is 7.11 Å². The number of hydrogen-bond acceptors (Lipinski definition) is 5. The number of ether oxygens (including phenoxy) is 1. The maximum Gasteiger partial charge on any atom is 0.358 e. The van der Waals surface area contributed by atoms with Gasteiger partial charge in [0.2, 0.25) is 0 Å². The molecule has 0 aromatic carbocycles. The number of esters is 1. The summed E-state index contributed by atoms with van der Waals surface area (Å²) in [5.74, 6) is 1.05. The number of methoxy groups -OCH3 is 1. The summed E-state index contributed by atoms with van der Waals surface area (Å²) in [4.78, 5) is 24.2. The predicted octanol–water partition coefficient (Wildman–Crippen LogP) is 1.03. The fourth-order valence-electron chi connectivity index (χ4n) is 1.88. The molecule has 3 rings (SSSR count). The summed E-state index contributed by atoms with van der Waals surface area (Å²) in [7, 11) is 3.23. The van der Waals surface area contributed by atoms with Crippen LogP contribution >= 0.6 is 0 Å². The van der Waals surface area contributed by atoms with Gasteiger partial charge in [-0.05, 0) is 12.8 Å². The minimum atomic E-state index is -0.478. The second kappa shape index (κ2) is 3.51. The second-order valence-electron chi connectivity index (χ2n) is 4.20. The first-order valence-corrected chi connectivity index (χ1v) is 5.48. The Balaban J connectivity index is 2.14. The molecule has 1 saturated carbocycles. The van der Waals surface area contributed by atoms with Crippen molar-refractivity contribution in [3.63, 3.8) is 0 Å². The average molecular weight is 232 g/mol. The van der Waals surface area contributed by atoms with E-state index in [2.05, 4.69) is 19.7 Å². The minimum absolute atomic E-state index is 0.213. The molecule has 1 aliphatic carbocycles. The number of imidazole rings is 1. The normalized spacial score (nSPS) is 15.2. The lowest BCUT2D eigenvalue weighted by atomic mass is 10.4. The summed E-state index contributed by atoms with van der Waals surface area (Å²) in [5.41, 5.74) is 1.43. The Morgan fingerprint density at radius 1 is 1.47 bits per heavy atom. The maximum absolute atomic E-state index is 11.4. The van der Waals surface area contributed by atoms with Crippen LogP contribution in [0.1, 0.15) is 35.1 Å². The molecule has 0 unspecified atom stereocenters. The molecule has 2 aromatic heterocycles. The Morgan fingerprint density at radius 2 is 2.24 bits per heavy atom. The third-order valence-corrected chi connectivity index (χ3v) is 2.95. The number of nitrogens with zero attached hydrogens (tertiary/aromatic N) is 4. The van der Waals surface area contributed by atoms with Crippen LogP contribution in [0.4, 0.5) is 0 Å². The Labute approximate surface area is 97.7 Å². The summed E-state index contributed by atoms with van der Waals surface area (Å²) < 4.78 is 6.53. The van der Waals surface area contributed by atoms with Crippen molar-refractivity contribution in [2.24, 2.45) is 7.05 Å². The maximum atomic E-state index is 11.4. The lowest BCUT2D eigenvalue weighted by Crippen LogP contribution is -2.06. The number of aryl methyl sites for hydroxylation is 1. The molecule has 0 spiro atoms. The minimum Gasteiger partial charge on any atom is -0.464 e. The summed E-state index contributed by atoms with van der Waals surface area (Å²) in [6.45, 7) is 0. The van der Waals surface area contributed by atoms with Crippen LogP contribution in [0.2, 0.25) is 0 Å². The van der Waals surface area contributed by atoms with E-state index < -0.39 is 5.97 Å². The molecule has 2 heterocycles. The fraction of sp³-hybridized carbons (Fsp3) is 0.455. The summed E-state index contributed by atoms with van der Waals surface area (Å²) in [6.07, 6.45) is 3.74. The lowest BCUT2D eigenvalue weighted by Gasteiger charge is -2.00. The molecule has 6 heteroatoms. The highest BCUT2D eigenvalue weighted by Gasteiger charge is 2.29. The van der Waals surface area contributed by atoms with E-state index in [1.807, 2.05) is 11.6 Å². The first-order valence-electron chi connectivity index (χ1n) is 5.48. The van der Waals surface area contributed by atoms with Crippen LogP contribution in [-0.2, 0) is 11.8 Å². The molecular weight excluding hydrogens is 220 g/mol. The first kappa shape index (κ1) is 10.2. The van der Waals surface area contributed by atoms with E-state index >= 15 is 0 Å². The lowest BCUT2D eigenvalue weighted by molar-refractivity contribution is 0.0594. The van der Waals surface area contributed by atoms with E-state index in [-0.39, 0.29) is 5.69 Å². The molecule has 2 aromatic rings. The van der Waals surface area contributed by atoms with Gasteiger partial charge in [-0.2, -0.15) is 0 Å². The number of hydrogen-bond donors (Lipinski definition) is 0. The zero-order valence-corrected chi connectivity index (χ0v) is 9.67. The van der Waals surface area contributed by atoms with Crippen molar-refractivity contribution >= 4 is 17.3 Å². The van der Waals surface area contributed by atoms with Crippen LogP contribution < -0.4 is 0 Å². The van der Waals surface area contributed by atoms with Gasteiger partial charge in [-0.25, -0.2) is 19.7 Å². The zero-order valence-electron chi connectivity index (χ0n) is 9.67. The van der Waals surface area contributed by atoms with Gasteiger partial charge >= 0.3 is 5.97 Å². The van der Waals surface area contributed by atoms with Gasteiger partial charge in [0.15, 0.2) is 17.0 Å². The van der Waals surface area contributed by atoms with E-state index in [4.69, 9.17) is 0 Å². The molecule has 1 aliphatic rings. The largest absolute Gasteiger partial charge is 0.464 e. The summed E-state index contributed by atoms with van der Waals surface area (Å²) in [6, 6.07) is 0. The quantitative estimate of drug-likeness (QED) is 0.723. The monoisotopic (exact) mass is 232 g/mol. The van der Waals surface area contributed by atoms with Gasteiger partial charge in [-0.3, -0.25) is 0 Å². The van der Waals surface area contributed by atoms with Crippen LogP contribution in [0.25, 0.3) is 11.3 Å². The van der Waals surface area contributed by atoms with Crippen LogP contribution in [-0.4, -0.2) is 32.6 Å². The van der Waals surface area contributed by atoms with Crippen LogP contribution in [0, 0.1) is 0 Å². The predicted molar refractivity (Wildman–Crippen MR) is 59.6 cm³/mol. The van der Waals surface area contributed by atoms with Crippen molar-refractivity contribution in [3.05, 3.63) is 17.7 Å². The number of carbonyl (C=O) groups excluding carboxylic acids is 1. The number of carbonyl (C=O) groups is 1. The SMILES string of the molecule is COC(=O)c1cnc2nc(C3CC3)n(C)c2n1. The van der Waals surface area contributed by atoms with Gasteiger partial charge in [0.1, 0.15) is 5.82 Å². The first-order chi connectivity index (χ1) is 8.20. The Bertz CT molecular complexity index is 601. The van der Waals surface area contributed by atoms with Gasteiger partial charge in [0.05, 0.1) is 13.3 Å². The van der Waals surface area contributed by atoms with Crippen molar-refractivity contribution < 1.29 is 9.53 Å². The standard InChI is InChI=1S/C11H12N4O2/c1-15-9(6-3-4-6)14-8-10(15)13-7(5-12-8)11(16)17-2/h5-6H,3-4H2,1-2H3. The highest BCUT2D eigenvalue weighted by molar-refractivity contribution is 5.88. The highest BCUT2D eigenvalue weighted by atomic mass is 16.5. The molecule has 0 aliphatic heterocycles. The molecular formula is C11H12N4O2. The number of rotatable bonds is 2. The topological polar surface area (TPSA) is 69.9 Å².